The number of carbonyl (C=O) groups excluding carboxylic acids is 2. The number of nitrogens with zero attached hydrogens (tertiary/aromatic N) is 2. The van der Waals surface area contributed by atoms with Gasteiger partial charge in [0.1, 0.15) is 12.3 Å². The van der Waals surface area contributed by atoms with E-state index in [1.165, 1.54) is 12.8 Å². The minimum atomic E-state index is -1.36. The van der Waals surface area contributed by atoms with Crippen LogP contribution in [0.25, 0.3) is 0 Å². The van der Waals surface area contributed by atoms with Gasteiger partial charge in [-0.3, -0.25) is 4.79 Å². The Morgan fingerprint density at radius 1 is 1.06 bits per heavy atom. The normalized spacial score (nSPS) is 29.7. The van der Waals surface area contributed by atoms with Crippen molar-refractivity contribution >= 4 is 17.7 Å². The lowest BCUT2D eigenvalue weighted by molar-refractivity contribution is -0.939. The highest BCUT2D eigenvalue weighted by molar-refractivity contribution is 5.90. The van der Waals surface area contributed by atoms with E-state index in [4.69, 9.17) is 9.26 Å². The molecule has 5 aliphatic rings. The number of aliphatic hydroxyl groups is 1. The van der Waals surface area contributed by atoms with Crippen LogP contribution in [0.2, 0.25) is 0 Å². The van der Waals surface area contributed by atoms with Crippen molar-refractivity contribution in [2.45, 2.75) is 102 Å². The molecule has 0 spiro atoms. The van der Waals surface area contributed by atoms with Crippen molar-refractivity contribution in [1.82, 2.24) is 5.16 Å². The van der Waals surface area contributed by atoms with E-state index in [0.29, 0.717) is 29.3 Å². The lowest BCUT2D eigenvalue weighted by Crippen LogP contribution is -2.67. The van der Waals surface area contributed by atoms with Crippen LogP contribution in [0.3, 0.4) is 0 Å². The zero-order valence-corrected chi connectivity index (χ0v) is 21.9. The number of ether oxygens (including phenoxy) is 1. The zero-order valence-electron chi connectivity index (χ0n) is 21.9. The number of aromatic nitrogens is 1. The summed E-state index contributed by atoms with van der Waals surface area (Å²) in [5, 5.41) is 18.9. The molecule has 5 fully saturated rings. The maximum atomic E-state index is 13.8. The van der Waals surface area contributed by atoms with Crippen molar-refractivity contribution < 1.29 is 28.4 Å². The average molecular weight is 503 g/mol. The fraction of sp³-hybridized carbons (Fsp3) is 0.821. The highest BCUT2D eigenvalue weighted by Gasteiger charge is 2.54. The third-order valence-electron chi connectivity index (χ3n) is 9.74. The van der Waals surface area contributed by atoms with E-state index in [2.05, 4.69) is 10.5 Å². The summed E-state index contributed by atoms with van der Waals surface area (Å²) in [6.07, 6.45) is 12.8. The number of nitrogens with one attached hydrogen (secondary N) is 1. The summed E-state index contributed by atoms with van der Waals surface area (Å²) >= 11 is 0. The maximum Gasteiger partial charge on any atom is 0.339 e. The molecule has 4 heterocycles. The summed E-state index contributed by atoms with van der Waals surface area (Å²) in [4.78, 5) is 26.7. The second-order valence-electron chi connectivity index (χ2n) is 12.0. The lowest BCUT2D eigenvalue weighted by Gasteiger charge is -2.52. The first-order valence-electron chi connectivity index (χ1n) is 14.5. The summed E-state index contributed by atoms with van der Waals surface area (Å²) in [5.74, 6) is 1.07. The molecular formula is C28H44N3O5+. The van der Waals surface area contributed by atoms with Crippen LogP contribution in [0.5, 0.6) is 0 Å². The molecule has 0 radical (unpaired) electrons. The van der Waals surface area contributed by atoms with Gasteiger partial charge in [-0.05, 0) is 37.5 Å². The molecule has 2 bridgehead atoms. The molecule has 1 atom stereocenters. The number of anilines is 1. The minimum Gasteiger partial charge on any atom is -0.454 e. The van der Waals surface area contributed by atoms with Gasteiger partial charge in [0.15, 0.2) is 24.1 Å². The molecule has 1 amide bonds. The number of piperidine rings is 3. The molecule has 0 unspecified atom stereocenters. The van der Waals surface area contributed by atoms with Crippen molar-refractivity contribution in [2.24, 2.45) is 17.8 Å². The van der Waals surface area contributed by atoms with E-state index in [-0.39, 0.29) is 29.8 Å². The quantitative estimate of drug-likeness (QED) is 0.408. The molecule has 8 heteroatoms. The molecule has 2 saturated carbocycles. The number of hydrogen-bond acceptors (Lipinski definition) is 6. The van der Waals surface area contributed by atoms with Crippen molar-refractivity contribution in [2.75, 3.05) is 31.5 Å². The molecule has 0 aromatic carbocycles. The largest absolute Gasteiger partial charge is 0.454 e. The molecule has 3 aliphatic heterocycles. The Bertz CT molecular complexity index is 892. The molecule has 1 aromatic rings. The summed E-state index contributed by atoms with van der Waals surface area (Å²) in [5.41, 5.74) is -1.36. The molecule has 36 heavy (non-hydrogen) atoms. The first kappa shape index (κ1) is 25.7. The van der Waals surface area contributed by atoms with Gasteiger partial charge < -0.3 is 24.2 Å². The van der Waals surface area contributed by atoms with E-state index >= 15 is 0 Å². The van der Waals surface area contributed by atoms with Gasteiger partial charge in [0.2, 0.25) is 0 Å². The second kappa shape index (κ2) is 10.8. The van der Waals surface area contributed by atoms with Crippen molar-refractivity contribution in [3.63, 3.8) is 0 Å². The summed E-state index contributed by atoms with van der Waals surface area (Å²) in [6.45, 7) is 4.80. The SMILES string of the molecule is CCc1cc(NC(=O)C[N+]23CCC(CC2)[C@@H](OC(=O)C(O)(C2CCCCC2)C2CCCCC2)C3)no1. The molecule has 3 saturated heterocycles. The Balaban J connectivity index is 1.26. The number of esters is 1. The first-order chi connectivity index (χ1) is 17.4. The van der Waals surface area contributed by atoms with Gasteiger partial charge in [0.05, 0.1) is 13.1 Å². The van der Waals surface area contributed by atoms with Crippen LogP contribution in [0.1, 0.15) is 89.7 Å². The highest BCUT2D eigenvalue weighted by Crippen LogP contribution is 2.45. The predicted octanol–water partition coefficient (Wildman–Crippen LogP) is 4.22. The average Bonchev–Trinajstić information content (AvgIpc) is 3.36. The number of rotatable bonds is 8. The third kappa shape index (κ3) is 5.21. The number of carbonyl (C=O) groups is 2. The number of aryl methyl sites for hydroxylation is 1. The Morgan fingerprint density at radius 3 is 2.22 bits per heavy atom. The number of amides is 1. The van der Waals surface area contributed by atoms with Gasteiger partial charge in [-0.25, -0.2) is 4.79 Å². The van der Waals surface area contributed by atoms with Gasteiger partial charge in [0, 0.05) is 31.2 Å². The van der Waals surface area contributed by atoms with E-state index < -0.39 is 5.60 Å². The van der Waals surface area contributed by atoms with Crippen LogP contribution >= 0.6 is 0 Å². The third-order valence-corrected chi connectivity index (χ3v) is 9.74. The van der Waals surface area contributed by atoms with Gasteiger partial charge in [0.25, 0.3) is 5.91 Å². The van der Waals surface area contributed by atoms with Crippen LogP contribution in [-0.2, 0) is 20.7 Å². The molecule has 2 N–H and O–H groups in total. The number of quaternary nitrogens is 1. The molecule has 8 nitrogen and oxygen atoms in total. The van der Waals surface area contributed by atoms with Crippen LogP contribution in [0.4, 0.5) is 5.82 Å². The summed E-state index contributed by atoms with van der Waals surface area (Å²) in [7, 11) is 0. The van der Waals surface area contributed by atoms with Gasteiger partial charge in [-0.15, -0.1) is 0 Å². The minimum absolute atomic E-state index is 0.00678. The van der Waals surface area contributed by atoms with Crippen molar-refractivity contribution in [1.29, 1.82) is 0 Å². The zero-order chi connectivity index (χ0) is 25.2. The van der Waals surface area contributed by atoms with Gasteiger partial charge in [-0.2, -0.15) is 0 Å². The lowest BCUT2D eigenvalue weighted by atomic mass is 9.66. The molecule has 2 aliphatic carbocycles. The molecule has 200 valence electrons. The Morgan fingerprint density at radius 2 is 1.67 bits per heavy atom. The van der Waals surface area contributed by atoms with Gasteiger partial charge in [-0.1, -0.05) is 50.6 Å². The van der Waals surface area contributed by atoms with Crippen molar-refractivity contribution in [3.8, 4) is 0 Å². The number of fused-ring (bicyclic) bond motifs is 3. The van der Waals surface area contributed by atoms with E-state index in [0.717, 1.165) is 89.5 Å². The molecular weight excluding hydrogens is 458 g/mol. The van der Waals surface area contributed by atoms with Crippen LogP contribution < -0.4 is 5.32 Å². The second-order valence-corrected chi connectivity index (χ2v) is 12.0. The number of hydrogen-bond donors (Lipinski definition) is 2. The summed E-state index contributed by atoms with van der Waals surface area (Å²) in [6, 6.07) is 1.77. The maximum absolute atomic E-state index is 13.8. The van der Waals surface area contributed by atoms with Gasteiger partial charge >= 0.3 is 5.97 Å². The van der Waals surface area contributed by atoms with Crippen LogP contribution in [0.15, 0.2) is 10.6 Å². The Hall–Kier alpha value is -1.93. The smallest absolute Gasteiger partial charge is 0.339 e. The van der Waals surface area contributed by atoms with E-state index in [1.807, 2.05) is 6.92 Å². The Kier molecular flexibility index (Phi) is 7.73. The first-order valence-corrected chi connectivity index (χ1v) is 14.5. The standard InChI is InChI=1S/C28H43N3O5/c1-2-23-17-25(30-36-23)29-26(32)19-31-15-13-20(14-16-31)24(18-31)35-27(33)28(34,21-9-5-3-6-10-21)22-11-7-4-8-12-22/h17,20-22,24,34H,2-16,18-19H2,1H3/p+1/t20?,24-,31?/m0/s1. The predicted molar refractivity (Wildman–Crippen MR) is 135 cm³/mol. The fourth-order valence-corrected chi connectivity index (χ4v) is 7.59. The topological polar surface area (TPSA) is 102 Å². The van der Waals surface area contributed by atoms with E-state index in [1.54, 1.807) is 6.07 Å². The molecule has 1 aromatic heterocycles. The molecule has 6 rings (SSSR count). The van der Waals surface area contributed by atoms with Crippen LogP contribution in [-0.4, -0.2) is 64.5 Å². The van der Waals surface area contributed by atoms with Crippen LogP contribution in [0, 0.1) is 17.8 Å². The van der Waals surface area contributed by atoms with Crippen molar-refractivity contribution in [3.05, 3.63) is 11.8 Å². The van der Waals surface area contributed by atoms with E-state index in [9.17, 15) is 14.7 Å². The monoisotopic (exact) mass is 502 g/mol. The fourth-order valence-electron chi connectivity index (χ4n) is 7.59. The Labute approximate surface area is 214 Å². The highest BCUT2D eigenvalue weighted by atomic mass is 16.6. The summed E-state index contributed by atoms with van der Waals surface area (Å²) < 4.78 is 12.1.